The van der Waals surface area contributed by atoms with E-state index in [1.54, 1.807) is 11.0 Å². The van der Waals surface area contributed by atoms with Crippen molar-refractivity contribution in [1.29, 1.82) is 0 Å². The highest BCUT2D eigenvalue weighted by atomic mass is 16.3. The molecule has 0 aliphatic rings. The second kappa shape index (κ2) is 7.84. The average Bonchev–Trinajstić information content (AvgIpc) is 2.45. The SMILES string of the molecule is C=CCN(CCO)C(=O)NCC(C)(C)c1ccccc1C. The number of amides is 2. The molecule has 2 N–H and O–H groups in total. The van der Waals surface area contributed by atoms with Crippen LogP contribution in [0.25, 0.3) is 0 Å². The summed E-state index contributed by atoms with van der Waals surface area (Å²) >= 11 is 0. The highest BCUT2D eigenvalue weighted by Gasteiger charge is 2.24. The molecule has 0 aliphatic heterocycles. The third-order valence-electron chi connectivity index (χ3n) is 3.56. The molecule has 0 aliphatic carbocycles. The summed E-state index contributed by atoms with van der Waals surface area (Å²) in [4.78, 5) is 13.7. The van der Waals surface area contributed by atoms with Crippen molar-refractivity contribution in [2.24, 2.45) is 0 Å². The zero-order valence-corrected chi connectivity index (χ0v) is 13.2. The molecule has 4 heteroatoms. The number of rotatable bonds is 7. The van der Waals surface area contributed by atoms with Gasteiger partial charge in [0.1, 0.15) is 0 Å². The Hall–Kier alpha value is -1.81. The van der Waals surface area contributed by atoms with Crippen LogP contribution in [0, 0.1) is 6.92 Å². The van der Waals surface area contributed by atoms with Gasteiger partial charge in [-0.15, -0.1) is 6.58 Å². The molecule has 4 nitrogen and oxygen atoms in total. The van der Waals surface area contributed by atoms with E-state index in [-0.39, 0.29) is 18.1 Å². The van der Waals surface area contributed by atoms with Crippen LogP contribution in [0.1, 0.15) is 25.0 Å². The smallest absolute Gasteiger partial charge is 0.317 e. The maximum Gasteiger partial charge on any atom is 0.317 e. The van der Waals surface area contributed by atoms with Crippen LogP contribution < -0.4 is 5.32 Å². The summed E-state index contributed by atoms with van der Waals surface area (Å²) in [6.07, 6.45) is 1.65. The van der Waals surface area contributed by atoms with Gasteiger partial charge >= 0.3 is 6.03 Å². The van der Waals surface area contributed by atoms with Gasteiger partial charge < -0.3 is 15.3 Å². The van der Waals surface area contributed by atoms with Crippen LogP contribution in [0.4, 0.5) is 4.79 Å². The fourth-order valence-electron chi connectivity index (χ4n) is 2.39. The molecule has 0 saturated heterocycles. The largest absolute Gasteiger partial charge is 0.395 e. The van der Waals surface area contributed by atoms with Gasteiger partial charge in [0.15, 0.2) is 0 Å². The molecule has 1 aromatic carbocycles. The normalized spacial score (nSPS) is 11.0. The highest BCUT2D eigenvalue weighted by molar-refractivity contribution is 5.74. The summed E-state index contributed by atoms with van der Waals surface area (Å²) in [6, 6.07) is 8.03. The number of aliphatic hydroxyl groups excluding tert-OH is 1. The number of carbonyl (C=O) groups excluding carboxylic acids is 1. The Balaban J connectivity index is 2.70. The minimum Gasteiger partial charge on any atom is -0.395 e. The van der Waals surface area contributed by atoms with Crippen LogP contribution in [0.3, 0.4) is 0 Å². The number of nitrogens with one attached hydrogen (secondary N) is 1. The molecule has 0 aromatic heterocycles. The molecule has 0 bridgehead atoms. The van der Waals surface area contributed by atoms with E-state index in [1.807, 2.05) is 12.1 Å². The monoisotopic (exact) mass is 290 g/mol. The summed E-state index contributed by atoms with van der Waals surface area (Å²) in [5, 5.41) is 11.9. The van der Waals surface area contributed by atoms with E-state index in [4.69, 9.17) is 5.11 Å². The van der Waals surface area contributed by atoms with E-state index in [0.29, 0.717) is 19.6 Å². The minimum absolute atomic E-state index is 0.0531. The van der Waals surface area contributed by atoms with Gasteiger partial charge in [-0.25, -0.2) is 4.79 Å². The number of benzene rings is 1. The van der Waals surface area contributed by atoms with E-state index < -0.39 is 0 Å². The van der Waals surface area contributed by atoms with Crippen LogP contribution in [-0.2, 0) is 5.41 Å². The quantitative estimate of drug-likeness (QED) is 0.758. The summed E-state index contributed by atoms with van der Waals surface area (Å²) in [5.41, 5.74) is 2.29. The van der Waals surface area contributed by atoms with Gasteiger partial charge in [-0.3, -0.25) is 0 Å². The number of aliphatic hydroxyl groups is 1. The lowest BCUT2D eigenvalue weighted by Gasteiger charge is -2.29. The molecule has 0 radical (unpaired) electrons. The number of hydrogen-bond acceptors (Lipinski definition) is 2. The molecule has 0 heterocycles. The predicted molar refractivity (Wildman–Crippen MR) is 86.5 cm³/mol. The van der Waals surface area contributed by atoms with Crippen molar-refractivity contribution >= 4 is 6.03 Å². The first-order valence-corrected chi connectivity index (χ1v) is 7.23. The van der Waals surface area contributed by atoms with E-state index in [0.717, 1.165) is 0 Å². The number of hydrogen-bond donors (Lipinski definition) is 2. The van der Waals surface area contributed by atoms with Crippen molar-refractivity contribution in [2.45, 2.75) is 26.2 Å². The van der Waals surface area contributed by atoms with Gasteiger partial charge in [-0.05, 0) is 18.1 Å². The van der Waals surface area contributed by atoms with Crippen LogP contribution in [0.2, 0.25) is 0 Å². The summed E-state index contributed by atoms with van der Waals surface area (Å²) < 4.78 is 0. The fraction of sp³-hybridized carbons (Fsp3) is 0.471. The lowest BCUT2D eigenvalue weighted by molar-refractivity contribution is 0.182. The third kappa shape index (κ3) is 4.90. The van der Waals surface area contributed by atoms with Gasteiger partial charge in [0, 0.05) is 25.0 Å². The van der Waals surface area contributed by atoms with Crippen LogP contribution in [0.5, 0.6) is 0 Å². The summed E-state index contributed by atoms with van der Waals surface area (Å²) in [6.45, 7) is 11.1. The van der Waals surface area contributed by atoms with Crippen molar-refractivity contribution < 1.29 is 9.90 Å². The first-order valence-electron chi connectivity index (χ1n) is 7.23. The summed E-state index contributed by atoms with van der Waals surface area (Å²) in [5.74, 6) is 0. The van der Waals surface area contributed by atoms with Crippen molar-refractivity contribution in [3.8, 4) is 0 Å². The number of nitrogens with zero attached hydrogens (tertiary/aromatic N) is 1. The van der Waals surface area contributed by atoms with Gasteiger partial charge in [0.2, 0.25) is 0 Å². The Labute approximate surface area is 127 Å². The molecule has 2 amide bonds. The zero-order chi connectivity index (χ0) is 15.9. The minimum atomic E-state index is -0.175. The van der Waals surface area contributed by atoms with Gasteiger partial charge in [0.05, 0.1) is 6.61 Å². The number of carbonyl (C=O) groups is 1. The summed E-state index contributed by atoms with van der Waals surface area (Å²) in [7, 11) is 0. The van der Waals surface area contributed by atoms with Crippen molar-refractivity contribution in [1.82, 2.24) is 10.2 Å². The first kappa shape index (κ1) is 17.2. The Kier molecular flexibility index (Phi) is 6.43. The molecule has 1 aromatic rings. The molecule has 0 atom stereocenters. The van der Waals surface area contributed by atoms with Crippen molar-refractivity contribution in [2.75, 3.05) is 26.2 Å². The Bertz CT molecular complexity index is 483. The second-order valence-electron chi connectivity index (χ2n) is 5.82. The predicted octanol–water partition coefficient (Wildman–Crippen LogP) is 2.46. The molecule has 0 fully saturated rings. The van der Waals surface area contributed by atoms with Gasteiger partial charge in [0.25, 0.3) is 0 Å². The standard InChI is InChI=1S/C17H26N2O2/c1-5-10-19(11-12-20)16(21)18-13-17(3,4)15-9-7-6-8-14(15)2/h5-9,20H,1,10-13H2,2-4H3,(H,18,21). The lowest BCUT2D eigenvalue weighted by atomic mass is 9.82. The topological polar surface area (TPSA) is 52.6 Å². The molecule has 0 spiro atoms. The molecule has 0 saturated carbocycles. The lowest BCUT2D eigenvalue weighted by Crippen LogP contribution is -2.45. The maximum absolute atomic E-state index is 12.1. The Morgan fingerprint density at radius 1 is 1.43 bits per heavy atom. The Morgan fingerprint density at radius 3 is 2.67 bits per heavy atom. The molecular weight excluding hydrogens is 264 g/mol. The maximum atomic E-state index is 12.1. The van der Waals surface area contributed by atoms with Crippen molar-refractivity contribution in [3.63, 3.8) is 0 Å². The van der Waals surface area contributed by atoms with E-state index in [1.165, 1.54) is 11.1 Å². The van der Waals surface area contributed by atoms with E-state index in [2.05, 4.69) is 44.8 Å². The van der Waals surface area contributed by atoms with Crippen LogP contribution >= 0.6 is 0 Å². The Morgan fingerprint density at radius 2 is 2.10 bits per heavy atom. The number of urea groups is 1. The second-order valence-corrected chi connectivity index (χ2v) is 5.82. The molecule has 116 valence electrons. The average molecular weight is 290 g/mol. The van der Waals surface area contributed by atoms with Gasteiger partial charge in [-0.2, -0.15) is 0 Å². The third-order valence-corrected chi connectivity index (χ3v) is 3.56. The van der Waals surface area contributed by atoms with Crippen LogP contribution in [0.15, 0.2) is 36.9 Å². The highest BCUT2D eigenvalue weighted by Crippen LogP contribution is 2.25. The van der Waals surface area contributed by atoms with Gasteiger partial charge in [-0.1, -0.05) is 44.2 Å². The number of aryl methyl sites for hydroxylation is 1. The first-order chi connectivity index (χ1) is 9.92. The zero-order valence-electron chi connectivity index (χ0n) is 13.2. The molecule has 1 rings (SSSR count). The fourth-order valence-corrected chi connectivity index (χ4v) is 2.39. The molecule has 21 heavy (non-hydrogen) atoms. The molecule has 0 unspecified atom stereocenters. The van der Waals surface area contributed by atoms with Crippen LogP contribution in [-0.4, -0.2) is 42.3 Å². The van der Waals surface area contributed by atoms with Crippen molar-refractivity contribution in [3.05, 3.63) is 48.0 Å². The van der Waals surface area contributed by atoms with E-state index >= 15 is 0 Å². The van der Waals surface area contributed by atoms with E-state index in [9.17, 15) is 4.79 Å². The molecular formula is C17H26N2O2.